The van der Waals surface area contributed by atoms with Crippen molar-refractivity contribution in [3.05, 3.63) is 34.9 Å². The fraction of sp³-hybridized carbons (Fsp3) is 0.478. The Morgan fingerprint density at radius 1 is 1.26 bits per heavy atom. The molecular weight excluding hydrogens is 398 g/mol. The van der Waals surface area contributed by atoms with Crippen molar-refractivity contribution in [1.82, 2.24) is 15.1 Å². The van der Waals surface area contributed by atoms with E-state index in [0.29, 0.717) is 24.9 Å². The number of carbonyl (C=O) groups excluding carboxylic acids is 4. The molecule has 0 radical (unpaired) electrons. The number of likely N-dealkylation sites (tertiary alicyclic amines) is 1. The second-order valence-electron chi connectivity index (χ2n) is 8.59. The van der Waals surface area contributed by atoms with Crippen molar-refractivity contribution in [2.75, 3.05) is 13.6 Å². The van der Waals surface area contributed by atoms with Crippen molar-refractivity contribution in [3.8, 4) is 11.8 Å². The summed E-state index contributed by atoms with van der Waals surface area (Å²) in [5.41, 5.74) is 1.48. The van der Waals surface area contributed by atoms with E-state index in [1.165, 1.54) is 11.9 Å². The van der Waals surface area contributed by atoms with Gasteiger partial charge in [-0.2, -0.15) is 0 Å². The molecule has 1 fully saturated rings. The molecule has 1 atom stereocenters. The van der Waals surface area contributed by atoms with Crippen LogP contribution in [-0.4, -0.2) is 58.8 Å². The molecule has 4 amide bonds. The summed E-state index contributed by atoms with van der Waals surface area (Å²) in [4.78, 5) is 51.5. The lowest BCUT2D eigenvalue weighted by Crippen LogP contribution is -2.53. The maximum absolute atomic E-state index is 12.9. The van der Waals surface area contributed by atoms with Gasteiger partial charge in [-0.25, -0.2) is 4.79 Å². The van der Waals surface area contributed by atoms with Gasteiger partial charge in [-0.15, -0.1) is 0 Å². The first-order valence-corrected chi connectivity index (χ1v) is 10.3. The van der Waals surface area contributed by atoms with Crippen molar-refractivity contribution >= 4 is 23.8 Å². The van der Waals surface area contributed by atoms with Crippen molar-refractivity contribution < 1.29 is 23.9 Å². The number of piperidine rings is 1. The van der Waals surface area contributed by atoms with E-state index >= 15 is 0 Å². The lowest BCUT2D eigenvalue weighted by Gasteiger charge is -2.33. The van der Waals surface area contributed by atoms with Crippen LogP contribution in [0.15, 0.2) is 18.2 Å². The van der Waals surface area contributed by atoms with Gasteiger partial charge in [0.1, 0.15) is 11.6 Å². The molecule has 3 rings (SSSR count). The summed E-state index contributed by atoms with van der Waals surface area (Å²) < 4.78 is 5.17. The summed E-state index contributed by atoms with van der Waals surface area (Å²) in [7, 11) is 1.45. The monoisotopic (exact) mass is 425 g/mol. The van der Waals surface area contributed by atoms with Crippen LogP contribution in [0.5, 0.6) is 0 Å². The quantitative estimate of drug-likeness (QED) is 0.454. The topological polar surface area (TPSA) is 96.0 Å². The second kappa shape index (κ2) is 8.80. The van der Waals surface area contributed by atoms with Crippen LogP contribution < -0.4 is 5.32 Å². The number of nitrogens with zero attached hydrogens (tertiary/aromatic N) is 2. The standard InChI is InChI=1S/C23H27N3O5/c1-23(2,3)31-22(30)24-13-6-5-8-15-9-7-10-16-17(15)14-26(20(16)28)18-11-12-19(27)25(4)21(18)29/h7,9-10,18H,6,11-14H2,1-4H3,(H,24,30). The lowest BCUT2D eigenvalue weighted by molar-refractivity contribution is -0.150. The first kappa shape index (κ1) is 22.3. The zero-order valence-electron chi connectivity index (χ0n) is 18.3. The molecule has 8 heteroatoms. The van der Waals surface area contributed by atoms with E-state index in [1.54, 1.807) is 32.9 Å². The molecule has 1 saturated heterocycles. The Hall–Kier alpha value is -3.34. The van der Waals surface area contributed by atoms with Crippen LogP contribution in [0.1, 0.15) is 61.5 Å². The highest BCUT2D eigenvalue weighted by Gasteiger charge is 2.41. The zero-order chi connectivity index (χ0) is 22.8. The minimum atomic E-state index is -0.638. The predicted molar refractivity (Wildman–Crippen MR) is 113 cm³/mol. The van der Waals surface area contributed by atoms with E-state index in [0.717, 1.165) is 16.0 Å². The molecule has 0 aromatic heterocycles. The highest BCUT2D eigenvalue weighted by molar-refractivity contribution is 6.05. The van der Waals surface area contributed by atoms with Gasteiger partial charge in [0.05, 0.1) is 0 Å². The molecule has 2 heterocycles. The molecule has 0 saturated carbocycles. The molecule has 31 heavy (non-hydrogen) atoms. The molecule has 0 spiro atoms. The average molecular weight is 425 g/mol. The SMILES string of the molecule is CN1C(=O)CCC(N2Cc3c(C#CCCNC(=O)OC(C)(C)C)cccc3C2=O)C1=O. The third-order valence-electron chi connectivity index (χ3n) is 5.13. The number of fused-ring (bicyclic) bond motifs is 1. The molecule has 1 aromatic carbocycles. The number of carbonyl (C=O) groups is 4. The van der Waals surface area contributed by atoms with Gasteiger partial charge in [-0.1, -0.05) is 17.9 Å². The number of rotatable bonds is 3. The van der Waals surface area contributed by atoms with Crippen LogP contribution in [0.4, 0.5) is 4.79 Å². The Morgan fingerprint density at radius 3 is 2.71 bits per heavy atom. The predicted octanol–water partition coefficient (Wildman–Crippen LogP) is 2.06. The molecule has 1 N–H and O–H groups in total. The second-order valence-corrected chi connectivity index (χ2v) is 8.59. The first-order chi connectivity index (χ1) is 14.6. The van der Waals surface area contributed by atoms with Gasteiger partial charge >= 0.3 is 6.09 Å². The number of hydrogen-bond acceptors (Lipinski definition) is 5. The number of ether oxygens (including phenoxy) is 1. The fourth-order valence-corrected chi connectivity index (χ4v) is 3.61. The minimum Gasteiger partial charge on any atom is -0.444 e. The van der Waals surface area contributed by atoms with Gasteiger partial charge in [-0.3, -0.25) is 19.3 Å². The van der Waals surface area contributed by atoms with Crippen LogP contribution in [-0.2, 0) is 20.9 Å². The van der Waals surface area contributed by atoms with Crippen LogP contribution in [0.25, 0.3) is 0 Å². The highest BCUT2D eigenvalue weighted by atomic mass is 16.6. The summed E-state index contributed by atoms with van der Waals surface area (Å²) in [6, 6.07) is 4.69. The van der Waals surface area contributed by atoms with Gasteiger partial charge in [0, 0.05) is 44.1 Å². The third-order valence-corrected chi connectivity index (χ3v) is 5.13. The van der Waals surface area contributed by atoms with Gasteiger partial charge < -0.3 is 15.0 Å². The van der Waals surface area contributed by atoms with Gasteiger partial charge in [-0.05, 0) is 44.9 Å². The van der Waals surface area contributed by atoms with Gasteiger partial charge in [0.2, 0.25) is 5.91 Å². The van der Waals surface area contributed by atoms with Crippen LogP contribution in [0, 0.1) is 11.8 Å². The van der Waals surface area contributed by atoms with Gasteiger partial charge in [0.25, 0.3) is 11.8 Å². The minimum absolute atomic E-state index is 0.216. The van der Waals surface area contributed by atoms with Gasteiger partial charge in [0.15, 0.2) is 0 Å². The number of imide groups is 1. The number of amides is 4. The van der Waals surface area contributed by atoms with E-state index in [4.69, 9.17) is 4.74 Å². The van der Waals surface area contributed by atoms with Crippen molar-refractivity contribution in [3.63, 3.8) is 0 Å². The number of benzene rings is 1. The van der Waals surface area contributed by atoms with Crippen LogP contribution in [0.2, 0.25) is 0 Å². The number of hydrogen-bond donors (Lipinski definition) is 1. The van der Waals surface area contributed by atoms with E-state index in [-0.39, 0.29) is 30.7 Å². The molecular formula is C23H27N3O5. The van der Waals surface area contributed by atoms with E-state index in [9.17, 15) is 19.2 Å². The maximum atomic E-state index is 12.9. The maximum Gasteiger partial charge on any atom is 0.407 e. The average Bonchev–Trinajstić information content (AvgIpc) is 3.02. The van der Waals surface area contributed by atoms with Crippen LogP contribution >= 0.6 is 0 Å². The largest absolute Gasteiger partial charge is 0.444 e. The number of alkyl carbamates (subject to hydrolysis) is 1. The molecule has 2 aliphatic heterocycles. The zero-order valence-corrected chi connectivity index (χ0v) is 18.3. The molecule has 164 valence electrons. The molecule has 0 aliphatic carbocycles. The molecule has 1 unspecified atom stereocenters. The van der Waals surface area contributed by atoms with E-state index in [2.05, 4.69) is 17.2 Å². The highest BCUT2D eigenvalue weighted by Crippen LogP contribution is 2.30. The third kappa shape index (κ3) is 5.05. The Bertz CT molecular complexity index is 983. The molecule has 1 aromatic rings. The number of likely N-dealkylation sites (N-methyl/N-ethyl adjacent to an activating group) is 1. The number of nitrogens with one attached hydrogen (secondary N) is 1. The smallest absolute Gasteiger partial charge is 0.407 e. The normalized spacial score (nSPS) is 18.5. The Labute approximate surface area is 181 Å². The summed E-state index contributed by atoms with van der Waals surface area (Å²) in [6.45, 7) is 6.02. The summed E-state index contributed by atoms with van der Waals surface area (Å²) >= 11 is 0. The Balaban J connectivity index is 1.65. The molecule has 0 bridgehead atoms. The first-order valence-electron chi connectivity index (χ1n) is 10.3. The lowest BCUT2D eigenvalue weighted by atomic mass is 10.0. The Kier molecular flexibility index (Phi) is 6.34. The summed E-state index contributed by atoms with van der Waals surface area (Å²) in [5, 5.41) is 2.65. The fourth-order valence-electron chi connectivity index (χ4n) is 3.61. The van der Waals surface area contributed by atoms with E-state index < -0.39 is 17.7 Å². The summed E-state index contributed by atoms with van der Waals surface area (Å²) in [5.74, 6) is 5.29. The van der Waals surface area contributed by atoms with Crippen LogP contribution in [0.3, 0.4) is 0 Å². The molecule has 2 aliphatic rings. The van der Waals surface area contributed by atoms with Crippen molar-refractivity contribution in [2.24, 2.45) is 0 Å². The molecule has 8 nitrogen and oxygen atoms in total. The Morgan fingerprint density at radius 2 is 2.00 bits per heavy atom. The van der Waals surface area contributed by atoms with E-state index in [1.807, 2.05) is 6.07 Å². The van der Waals surface area contributed by atoms with Crippen molar-refractivity contribution in [1.29, 1.82) is 0 Å². The summed E-state index contributed by atoms with van der Waals surface area (Å²) in [6.07, 6.45) is 0.509. The van der Waals surface area contributed by atoms with Crippen molar-refractivity contribution in [2.45, 2.75) is 58.2 Å².